The Morgan fingerprint density at radius 3 is 1.43 bits per heavy atom. The molecule has 0 aromatic carbocycles. The smallest absolute Gasteiger partial charge is 0.119 e. The fourth-order valence-electron chi connectivity index (χ4n) is 2.80. The highest BCUT2D eigenvalue weighted by atomic mass is 16.3. The third-order valence-electron chi connectivity index (χ3n) is 4.29. The van der Waals surface area contributed by atoms with Crippen LogP contribution in [-0.2, 0) is 4.79 Å². The predicted octanol–water partition coefficient (Wildman–Crippen LogP) is 8.28. The van der Waals surface area contributed by atoms with Gasteiger partial charge in [0.05, 0.1) is 6.10 Å². The number of aliphatic hydroxyl groups excluding tert-OH is 1. The molecule has 1 fully saturated rings. The van der Waals surface area contributed by atoms with Crippen LogP contribution in [0.2, 0.25) is 0 Å². The van der Waals surface area contributed by atoms with Gasteiger partial charge in [0.25, 0.3) is 0 Å². The lowest BCUT2D eigenvalue weighted by Gasteiger charge is -2.02. The van der Waals surface area contributed by atoms with Crippen LogP contribution in [0.15, 0.2) is 0 Å². The van der Waals surface area contributed by atoms with Crippen LogP contribution in [0.4, 0.5) is 0 Å². The zero-order valence-corrected chi connectivity index (χ0v) is 22.6. The Morgan fingerprint density at radius 1 is 0.833 bits per heavy atom. The third-order valence-corrected chi connectivity index (χ3v) is 4.29. The predicted molar refractivity (Wildman–Crippen MR) is 138 cm³/mol. The molecule has 30 heavy (non-hydrogen) atoms. The largest absolute Gasteiger partial charge is 0.392 e. The molecule has 1 unspecified atom stereocenters. The van der Waals surface area contributed by atoms with Crippen LogP contribution in [0, 0.1) is 5.92 Å². The van der Waals surface area contributed by atoms with Crippen molar-refractivity contribution in [3.05, 3.63) is 0 Å². The molecule has 3 nitrogen and oxygen atoms in total. The Morgan fingerprint density at radius 2 is 1.20 bits per heavy atom. The molecule has 0 spiro atoms. The summed E-state index contributed by atoms with van der Waals surface area (Å²) in [6, 6.07) is 0. The van der Waals surface area contributed by atoms with E-state index >= 15 is 0 Å². The highest BCUT2D eigenvalue weighted by Gasteiger charge is 2.15. The summed E-state index contributed by atoms with van der Waals surface area (Å²) in [5.74, 6) is 0.833. The fraction of sp³-hybridized carbons (Fsp3) is 0.963. The zero-order valence-electron chi connectivity index (χ0n) is 22.6. The van der Waals surface area contributed by atoms with Gasteiger partial charge in [0, 0.05) is 19.5 Å². The fourth-order valence-corrected chi connectivity index (χ4v) is 2.80. The molecule has 0 aliphatic carbocycles. The van der Waals surface area contributed by atoms with E-state index in [9.17, 15) is 4.79 Å². The Hall–Kier alpha value is -0.410. The first kappa shape index (κ1) is 36.9. The van der Waals surface area contributed by atoms with Crippen LogP contribution in [0.1, 0.15) is 139 Å². The molecule has 0 bridgehead atoms. The first-order valence-electron chi connectivity index (χ1n) is 13.2. The Kier molecular flexibility index (Phi) is 44.3. The second-order valence-corrected chi connectivity index (χ2v) is 8.43. The molecule has 0 saturated carbocycles. The Bertz CT molecular complexity index is 259. The van der Waals surface area contributed by atoms with Crippen molar-refractivity contribution in [2.75, 3.05) is 20.1 Å². The van der Waals surface area contributed by atoms with E-state index in [-0.39, 0.29) is 6.10 Å². The van der Waals surface area contributed by atoms with Crippen molar-refractivity contribution in [3.8, 4) is 0 Å². The SMILES string of the molecule is CC.CC.CC(C)C.CCCCCCCCCCCCCC=O.CN1CCC(O)C1. The molecule has 0 aromatic rings. The molecule has 1 saturated heterocycles. The monoisotopic (exact) mass is 431 g/mol. The van der Waals surface area contributed by atoms with Crippen molar-refractivity contribution in [1.29, 1.82) is 0 Å². The Labute approximate surface area is 192 Å². The van der Waals surface area contributed by atoms with E-state index in [0.29, 0.717) is 0 Å². The number of hydrogen-bond donors (Lipinski definition) is 1. The van der Waals surface area contributed by atoms with Crippen LogP contribution in [0.3, 0.4) is 0 Å². The van der Waals surface area contributed by atoms with E-state index in [1.807, 2.05) is 34.7 Å². The molecule has 1 rings (SSSR count). The van der Waals surface area contributed by atoms with Crippen molar-refractivity contribution in [3.63, 3.8) is 0 Å². The van der Waals surface area contributed by atoms with Gasteiger partial charge in [-0.25, -0.2) is 0 Å². The molecule has 1 heterocycles. The number of rotatable bonds is 12. The van der Waals surface area contributed by atoms with Gasteiger partial charge in [-0.05, 0) is 25.8 Å². The second-order valence-electron chi connectivity index (χ2n) is 8.43. The normalized spacial score (nSPS) is 14.8. The van der Waals surface area contributed by atoms with Gasteiger partial charge in [-0.1, -0.05) is 120 Å². The van der Waals surface area contributed by atoms with Crippen LogP contribution in [0.5, 0.6) is 0 Å². The molecular weight excluding hydrogens is 370 g/mol. The van der Waals surface area contributed by atoms with Crippen molar-refractivity contribution < 1.29 is 9.90 Å². The zero-order chi connectivity index (χ0) is 24.0. The molecule has 1 N–H and O–H groups in total. The number of likely N-dealkylation sites (N-methyl/N-ethyl adjacent to an activating group) is 1. The van der Waals surface area contributed by atoms with Crippen molar-refractivity contribution in [2.45, 2.75) is 145 Å². The number of hydrogen-bond acceptors (Lipinski definition) is 3. The van der Waals surface area contributed by atoms with Crippen LogP contribution in [-0.4, -0.2) is 42.5 Å². The number of unbranched alkanes of at least 4 members (excludes halogenated alkanes) is 11. The van der Waals surface area contributed by atoms with E-state index in [2.05, 4.69) is 32.6 Å². The molecule has 1 aliphatic rings. The second kappa shape index (κ2) is 36.0. The lowest BCUT2D eigenvalue weighted by atomic mass is 10.1. The van der Waals surface area contributed by atoms with E-state index in [4.69, 9.17) is 5.11 Å². The van der Waals surface area contributed by atoms with Gasteiger partial charge in [0.2, 0.25) is 0 Å². The summed E-state index contributed by atoms with van der Waals surface area (Å²) in [6.07, 6.45) is 17.6. The van der Waals surface area contributed by atoms with Gasteiger partial charge >= 0.3 is 0 Å². The minimum atomic E-state index is -0.0509. The lowest BCUT2D eigenvalue weighted by molar-refractivity contribution is -0.107. The summed E-state index contributed by atoms with van der Waals surface area (Å²) in [7, 11) is 2.02. The number of aliphatic hydroxyl groups is 1. The number of carbonyl (C=O) groups is 1. The van der Waals surface area contributed by atoms with Crippen LogP contribution < -0.4 is 0 Å². The molecule has 0 amide bonds. The number of nitrogens with zero attached hydrogens (tertiary/aromatic N) is 1. The minimum absolute atomic E-state index is 0.0509. The average molecular weight is 432 g/mol. The third kappa shape index (κ3) is 46.0. The van der Waals surface area contributed by atoms with Crippen LogP contribution in [0.25, 0.3) is 0 Å². The first-order valence-corrected chi connectivity index (χ1v) is 13.2. The standard InChI is InChI=1S/C14H28O.C5H11NO.C4H10.2C2H6/c1-2-3-4-5-6-7-8-9-10-11-12-13-14-15;1-6-3-2-5(7)4-6;1-4(2)3;2*1-2/h14H,2-13H2,1H3;5,7H,2-4H2,1H3;4H,1-3H3;2*1-2H3. The maximum atomic E-state index is 10.1. The molecule has 1 aliphatic heterocycles. The van der Waals surface area contributed by atoms with E-state index in [1.165, 1.54) is 64.2 Å². The molecule has 0 radical (unpaired) electrons. The minimum Gasteiger partial charge on any atom is -0.392 e. The topological polar surface area (TPSA) is 40.5 Å². The highest BCUT2D eigenvalue weighted by Crippen LogP contribution is 2.11. The van der Waals surface area contributed by atoms with Gasteiger partial charge in [0.1, 0.15) is 6.29 Å². The summed E-state index contributed by atoms with van der Waals surface area (Å²) >= 11 is 0. The van der Waals surface area contributed by atoms with Gasteiger partial charge in [-0.15, -0.1) is 0 Å². The summed E-state index contributed by atoms with van der Waals surface area (Å²) in [6.45, 7) is 18.7. The quantitative estimate of drug-likeness (QED) is 0.249. The van der Waals surface area contributed by atoms with Crippen molar-refractivity contribution >= 4 is 6.29 Å². The average Bonchev–Trinajstić information content (AvgIpc) is 3.12. The molecule has 1 atom stereocenters. The van der Waals surface area contributed by atoms with Gasteiger partial charge in [-0.3, -0.25) is 0 Å². The van der Waals surface area contributed by atoms with Gasteiger partial charge in [0.15, 0.2) is 0 Å². The number of aldehydes is 1. The van der Waals surface area contributed by atoms with E-state index in [0.717, 1.165) is 44.6 Å². The maximum absolute atomic E-state index is 10.1. The summed E-state index contributed by atoms with van der Waals surface area (Å²) in [5.41, 5.74) is 0. The summed E-state index contributed by atoms with van der Waals surface area (Å²) in [5, 5.41) is 8.86. The number of β-amino-alcohol motifs (C(OH)–C–C–N with tert-alkyl or cyclic N) is 1. The van der Waals surface area contributed by atoms with Gasteiger partial charge < -0.3 is 14.8 Å². The van der Waals surface area contributed by atoms with E-state index < -0.39 is 0 Å². The Balaban J connectivity index is -0.000000185. The molecule has 3 heteroatoms. The summed E-state index contributed by atoms with van der Waals surface area (Å²) < 4.78 is 0. The van der Waals surface area contributed by atoms with Crippen LogP contribution >= 0.6 is 0 Å². The van der Waals surface area contributed by atoms with Gasteiger partial charge in [-0.2, -0.15) is 0 Å². The molecular formula is C27H61NO2. The van der Waals surface area contributed by atoms with Crippen molar-refractivity contribution in [2.24, 2.45) is 5.92 Å². The maximum Gasteiger partial charge on any atom is 0.119 e. The molecule has 0 aromatic heterocycles. The highest BCUT2D eigenvalue weighted by molar-refractivity contribution is 5.48. The van der Waals surface area contributed by atoms with Crippen molar-refractivity contribution in [1.82, 2.24) is 4.90 Å². The first-order chi connectivity index (χ1) is 14.4. The molecule has 186 valence electrons. The number of carbonyl (C=O) groups excluding carboxylic acids is 1. The summed E-state index contributed by atoms with van der Waals surface area (Å²) in [4.78, 5) is 12.2. The lowest BCUT2D eigenvalue weighted by Crippen LogP contribution is -2.15. The van der Waals surface area contributed by atoms with E-state index in [1.54, 1.807) is 0 Å². The number of likely N-dealkylation sites (tertiary alicyclic amines) is 1.